The lowest BCUT2D eigenvalue weighted by Gasteiger charge is -2.39. The smallest absolute Gasteiger partial charge is 0.0368 e. The molecule has 0 saturated carbocycles. The third kappa shape index (κ3) is 2.81. The molecule has 1 N–H and O–H groups in total. The average Bonchev–Trinajstić information content (AvgIpc) is 2.39. The second-order valence-corrected chi connectivity index (χ2v) is 5.07. The molecular weight excluding hydrogens is 208 g/mol. The quantitative estimate of drug-likeness (QED) is 0.862. The molecule has 0 aliphatic carbocycles. The minimum atomic E-state index is 0.633. The number of piperidine rings is 1. The van der Waals surface area contributed by atoms with Crippen LogP contribution in [0.15, 0.2) is 24.3 Å². The Labute approximate surface area is 105 Å². The Morgan fingerprint density at radius 3 is 2.53 bits per heavy atom. The Morgan fingerprint density at radius 1 is 1.29 bits per heavy atom. The first kappa shape index (κ1) is 12.4. The SMILES string of the molecule is CCc1ccc(N2CCC(NC)CC2C)cc1. The maximum Gasteiger partial charge on any atom is 0.0368 e. The van der Waals surface area contributed by atoms with Crippen LogP contribution in [0.4, 0.5) is 5.69 Å². The number of nitrogens with one attached hydrogen (secondary N) is 1. The summed E-state index contributed by atoms with van der Waals surface area (Å²) in [5.41, 5.74) is 2.80. The second kappa shape index (κ2) is 5.54. The monoisotopic (exact) mass is 232 g/mol. The predicted molar refractivity (Wildman–Crippen MR) is 74.7 cm³/mol. The van der Waals surface area contributed by atoms with Crippen molar-refractivity contribution in [1.29, 1.82) is 0 Å². The third-order valence-electron chi connectivity index (χ3n) is 3.96. The van der Waals surface area contributed by atoms with Crippen molar-refractivity contribution >= 4 is 5.69 Å². The molecule has 17 heavy (non-hydrogen) atoms. The van der Waals surface area contributed by atoms with Crippen molar-refractivity contribution in [3.63, 3.8) is 0 Å². The van der Waals surface area contributed by atoms with Gasteiger partial charge >= 0.3 is 0 Å². The lowest BCUT2D eigenvalue weighted by Crippen LogP contribution is -2.46. The number of anilines is 1. The van der Waals surface area contributed by atoms with Gasteiger partial charge in [-0.25, -0.2) is 0 Å². The van der Waals surface area contributed by atoms with Crippen LogP contribution in [0.3, 0.4) is 0 Å². The predicted octanol–water partition coefficient (Wildman–Crippen LogP) is 2.83. The summed E-state index contributed by atoms with van der Waals surface area (Å²) in [6.45, 7) is 5.70. The molecule has 1 saturated heterocycles. The topological polar surface area (TPSA) is 15.3 Å². The molecule has 2 heteroatoms. The lowest BCUT2D eigenvalue weighted by molar-refractivity contribution is 0.387. The summed E-state index contributed by atoms with van der Waals surface area (Å²) in [6, 6.07) is 10.4. The number of rotatable bonds is 3. The van der Waals surface area contributed by atoms with Gasteiger partial charge in [-0.2, -0.15) is 0 Å². The molecule has 0 spiro atoms. The number of hydrogen-bond acceptors (Lipinski definition) is 2. The highest BCUT2D eigenvalue weighted by molar-refractivity contribution is 5.49. The Balaban J connectivity index is 2.06. The van der Waals surface area contributed by atoms with E-state index in [0.717, 1.165) is 13.0 Å². The van der Waals surface area contributed by atoms with Crippen LogP contribution >= 0.6 is 0 Å². The van der Waals surface area contributed by atoms with E-state index in [1.165, 1.54) is 24.1 Å². The van der Waals surface area contributed by atoms with Crippen LogP contribution < -0.4 is 10.2 Å². The standard InChI is InChI=1S/C15H24N2/c1-4-13-5-7-15(8-6-13)17-10-9-14(16-3)11-12(17)2/h5-8,12,14,16H,4,9-11H2,1-3H3. The fraction of sp³-hybridized carbons (Fsp3) is 0.600. The van der Waals surface area contributed by atoms with Gasteiger partial charge in [-0.1, -0.05) is 19.1 Å². The van der Waals surface area contributed by atoms with Crippen molar-refractivity contribution in [1.82, 2.24) is 5.32 Å². The summed E-state index contributed by atoms with van der Waals surface area (Å²) in [5.74, 6) is 0. The summed E-state index contributed by atoms with van der Waals surface area (Å²) in [4.78, 5) is 2.54. The van der Waals surface area contributed by atoms with Gasteiger partial charge in [-0.15, -0.1) is 0 Å². The first-order valence-electron chi connectivity index (χ1n) is 6.77. The molecule has 1 aliphatic rings. The minimum Gasteiger partial charge on any atom is -0.369 e. The van der Waals surface area contributed by atoms with E-state index in [4.69, 9.17) is 0 Å². The van der Waals surface area contributed by atoms with E-state index in [1.807, 2.05) is 0 Å². The molecular formula is C15H24N2. The maximum absolute atomic E-state index is 3.40. The molecule has 2 rings (SSSR count). The molecule has 2 atom stereocenters. The van der Waals surface area contributed by atoms with Crippen molar-refractivity contribution in [2.24, 2.45) is 0 Å². The fourth-order valence-electron chi connectivity index (χ4n) is 2.74. The highest BCUT2D eigenvalue weighted by Gasteiger charge is 2.24. The van der Waals surface area contributed by atoms with Crippen molar-refractivity contribution in [3.8, 4) is 0 Å². The first-order chi connectivity index (χ1) is 8.24. The van der Waals surface area contributed by atoms with Crippen LogP contribution in [0.2, 0.25) is 0 Å². The fourth-order valence-corrected chi connectivity index (χ4v) is 2.74. The van der Waals surface area contributed by atoms with Crippen LogP contribution in [0.5, 0.6) is 0 Å². The summed E-state index contributed by atoms with van der Waals surface area (Å²) in [5, 5.41) is 3.40. The zero-order valence-corrected chi connectivity index (χ0v) is 11.2. The number of nitrogens with zero attached hydrogens (tertiary/aromatic N) is 1. The maximum atomic E-state index is 3.40. The number of aryl methyl sites for hydroxylation is 1. The van der Waals surface area contributed by atoms with Crippen molar-refractivity contribution in [3.05, 3.63) is 29.8 Å². The number of hydrogen-bond donors (Lipinski definition) is 1. The van der Waals surface area contributed by atoms with Gasteiger partial charge < -0.3 is 10.2 Å². The molecule has 94 valence electrons. The first-order valence-corrected chi connectivity index (χ1v) is 6.77. The van der Waals surface area contributed by atoms with Crippen LogP contribution in [0.25, 0.3) is 0 Å². The van der Waals surface area contributed by atoms with E-state index in [1.54, 1.807) is 0 Å². The van der Waals surface area contributed by atoms with Crippen LogP contribution in [0.1, 0.15) is 32.3 Å². The molecule has 0 bridgehead atoms. The third-order valence-corrected chi connectivity index (χ3v) is 3.96. The van der Waals surface area contributed by atoms with E-state index in [2.05, 4.69) is 55.4 Å². The summed E-state index contributed by atoms with van der Waals surface area (Å²) >= 11 is 0. The highest BCUT2D eigenvalue weighted by Crippen LogP contribution is 2.25. The van der Waals surface area contributed by atoms with E-state index in [0.29, 0.717) is 12.1 Å². The summed E-state index contributed by atoms with van der Waals surface area (Å²) < 4.78 is 0. The summed E-state index contributed by atoms with van der Waals surface area (Å²) in [7, 11) is 2.07. The average molecular weight is 232 g/mol. The second-order valence-electron chi connectivity index (χ2n) is 5.07. The van der Waals surface area contributed by atoms with Crippen LogP contribution in [-0.4, -0.2) is 25.7 Å². The van der Waals surface area contributed by atoms with Gasteiger partial charge in [0.1, 0.15) is 0 Å². The van der Waals surface area contributed by atoms with Gasteiger partial charge in [0, 0.05) is 24.3 Å². The van der Waals surface area contributed by atoms with E-state index in [9.17, 15) is 0 Å². The molecule has 2 unspecified atom stereocenters. The van der Waals surface area contributed by atoms with Crippen LogP contribution in [-0.2, 0) is 6.42 Å². The van der Waals surface area contributed by atoms with E-state index >= 15 is 0 Å². The molecule has 0 radical (unpaired) electrons. The Kier molecular flexibility index (Phi) is 4.06. The van der Waals surface area contributed by atoms with Crippen molar-refractivity contribution in [2.75, 3.05) is 18.5 Å². The highest BCUT2D eigenvalue weighted by atomic mass is 15.2. The van der Waals surface area contributed by atoms with Crippen LogP contribution in [0, 0.1) is 0 Å². The Morgan fingerprint density at radius 2 is 2.00 bits per heavy atom. The molecule has 1 aromatic carbocycles. The zero-order chi connectivity index (χ0) is 12.3. The van der Waals surface area contributed by atoms with Gasteiger partial charge in [0.05, 0.1) is 0 Å². The molecule has 1 heterocycles. The van der Waals surface area contributed by atoms with Crippen molar-refractivity contribution < 1.29 is 0 Å². The summed E-state index contributed by atoms with van der Waals surface area (Å²) in [6.07, 6.45) is 3.61. The van der Waals surface area contributed by atoms with Gasteiger partial charge in [-0.05, 0) is 50.9 Å². The molecule has 1 aromatic rings. The Hall–Kier alpha value is -1.02. The number of benzene rings is 1. The Bertz CT molecular complexity index is 344. The van der Waals surface area contributed by atoms with Gasteiger partial charge in [0.2, 0.25) is 0 Å². The lowest BCUT2D eigenvalue weighted by atomic mass is 9.97. The van der Waals surface area contributed by atoms with E-state index < -0.39 is 0 Å². The van der Waals surface area contributed by atoms with Crippen molar-refractivity contribution in [2.45, 2.75) is 45.2 Å². The molecule has 0 aromatic heterocycles. The normalized spacial score (nSPS) is 25.0. The largest absolute Gasteiger partial charge is 0.369 e. The van der Waals surface area contributed by atoms with Gasteiger partial charge in [-0.3, -0.25) is 0 Å². The molecule has 1 aliphatic heterocycles. The van der Waals surface area contributed by atoms with Gasteiger partial charge in [0.15, 0.2) is 0 Å². The van der Waals surface area contributed by atoms with E-state index in [-0.39, 0.29) is 0 Å². The molecule has 2 nitrogen and oxygen atoms in total. The molecule has 1 fully saturated rings. The minimum absolute atomic E-state index is 0.633. The molecule has 0 amide bonds. The zero-order valence-electron chi connectivity index (χ0n) is 11.2. The van der Waals surface area contributed by atoms with Gasteiger partial charge in [0.25, 0.3) is 0 Å².